The second kappa shape index (κ2) is 15.0. The minimum absolute atomic E-state index is 0.0488. The fraction of sp³-hybridized carbons (Fsp3) is 0.694. The van der Waals surface area contributed by atoms with Crippen LogP contribution in [0.3, 0.4) is 0 Å². The van der Waals surface area contributed by atoms with Crippen molar-refractivity contribution in [3.63, 3.8) is 0 Å². The maximum absolute atomic E-state index is 14.4. The van der Waals surface area contributed by atoms with Gasteiger partial charge in [-0.15, -0.1) is 0 Å². The van der Waals surface area contributed by atoms with Gasteiger partial charge >= 0.3 is 12.2 Å². The van der Waals surface area contributed by atoms with E-state index >= 15 is 0 Å². The van der Waals surface area contributed by atoms with Crippen LogP contribution in [-0.4, -0.2) is 89.8 Å². The quantitative estimate of drug-likeness (QED) is 0.386. The highest BCUT2D eigenvalue weighted by Crippen LogP contribution is 2.48. The van der Waals surface area contributed by atoms with E-state index in [2.05, 4.69) is 15.4 Å². The van der Waals surface area contributed by atoms with E-state index in [0.29, 0.717) is 43.7 Å². The molecule has 0 radical (unpaired) electrons. The van der Waals surface area contributed by atoms with Crippen LogP contribution in [0.4, 0.5) is 9.59 Å². The average Bonchev–Trinajstić information content (AvgIpc) is 3.88. The summed E-state index contributed by atoms with van der Waals surface area (Å²) < 4.78 is 39.4. The minimum Gasteiger partial charge on any atom is -0.446 e. The van der Waals surface area contributed by atoms with Crippen molar-refractivity contribution >= 4 is 51.5 Å². The van der Waals surface area contributed by atoms with Crippen molar-refractivity contribution in [2.75, 3.05) is 6.54 Å². The SMILES string of the molecule is O=C(N[C@H]1CCCCCCC[C@@H]2C[C@@]2(C(=O)NS(=O)(=O)C2CC2)NC(=O)[C@@H]2C[C@@H](OC(=O)N3Cc4cccc(Cl)c4C3)CN2C1=O)OC1CCCC1. The number of hydrogen-bond acceptors (Lipinski definition) is 9. The number of fused-ring (bicyclic) bond motifs is 3. The molecule has 1 aromatic carbocycles. The first-order valence-electron chi connectivity index (χ1n) is 18.8. The lowest BCUT2D eigenvalue weighted by Gasteiger charge is -2.30. The average molecular weight is 762 g/mol. The molecule has 3 N–H and O–H groups in total. The number of carbonyl (C=O) groups excluding carboxylic acids is 5. The second-order valence-corrected chi connectivity index (χ2v) is 17.7. The van der Waals surface area contributed by atoms with E-state index in [0.717, 1.165) is 62.5 Å². The molecule has 284 valence electrons. The number of ether oxygens (including phenoxy) is 2. The fourth-order valence-corrected chi connectivity index (χ4v) is 9.93. The van der Waals surface area contributed by atoms with E-state index in [4.69, 9.17) is 21.1 Å². The molecule has 5 amide bonds. The zero-order valence-corrected chi connectivity index (χ0v) is 30.9. The Balaban J connectivity index is 1.11. The van der Waals surface area contributed by atoms with Crippen molar-refractivity contribution in [3.05, 3.63) is 34.3 Å². The zero-order valence-electron chi connectivity index (χ0n) is 29.3. The van der Waals surface area contributed by atoms with Gasteiger partial charge in [0.1, 0.15) is 29.8 Å². The van der Waals surface area contributed by atoms with Crippen molar-refractivity contribution in [2.24, 2.45) is 5.92 Å². The normalized spacial score (nSPS) is 29.9. The van der Waals surface area contributed by atoms with Crippen molar-refractivity contribution in [1.82, 2.24) is 25.2 Å². The second-order valence-electron chi connectivity index (χ2n) is 15.4. The Morgan fingerprint density at radius 1 is 0.885 bits per heavy atom. The molecule has 52 heavy (non-hydrogen) atoms. The lowest BCUT2D eigenvalue weighted by atomic mass is 10.0. The maximum atomic E-state index is 14.4. The van der Waals surface area contributed by atoms with E-state index in [9.17, 15) is 32.4 Å². The summed E-state index contributed by atoms with van der Waals surface area (Å²) in [7, 11) is -3.88. The lowest BCUT2D eigenvalue weighted by Crippen LogP contribution is -2.58. The summed E-state index contributed by atoms with van der Waals surface area (Å²) in [6, 6.07) is 3.32. The molecule has 3 aliphatic carbocycles. The summed E-state index contributed by atoms with van der Waals surface area (Å²) in [5, 5.41) is 5.58. The monoisotopic (exact) mass is 761 g/mol. The Labute approximate surface area is 309 Å². The number of carbonyl (C=O) groups is 5. The van der Waals surface area contributed by atoms with Gasteiger partial charge in [0, 0.05) is 18.0 Å². The van der Waals surface area contributed by atoms with Crippen LogP contribution in [-0.2, 0) is 47.0 Å². The molecule has 14 nitrogen and oxygen atoms in total. The van der Waals surface area contributed by atoms with Crippen LogP contribution in [0.25, 0.3) is 0 Å². The Morgan fingerprint density at radius 2 is 1.60 bits per heavy atom. The number of benzene rings is 1. The third kappa shape index (κ3) is 7.99. The van der Waals surface area contributed by atoms with Gasteiger partial charge in [-0.05, 0) is 80.9 Å². The molecule has 2 saturated heterocycles. The highest BCUT2D eigenvalue weighted by atomic mass is 35.5. The lowest BCUT2D eigenvalue weighted by molar-refractivity contribution is -0.141. The maximum Gasteiger partial charge on any atom is 0.410 e. The molecular formula is C36H48ClN5O9S. The summed E-state index contributed by atoms with van der Waals surface area (Å²) in [5.74, 6) is -2.18. The summed E-state index contributed by atoms with van der Waals surface area (Å²) in [5.41, 5.74) is 0.300. The molecule has 3 saturated carbocycles. The summed E-state index contributed by atoms with van der Waals surface area (Å²) in [6.07, 6.45) is 7.20. The van der Waals surface area contributed by atoms with Crippen molar-refractivity contribution < 1.29 is 41.9 Å². The number of amides is 5. The van der Waals surface area contributed by atoms with Crippen molar-refractivity contribution in [1.29, 1.82) is 0 Å². The molecule has 5 atom stereocenters. The van der Waals surface area contributed by atoms with E-state index in [1.807, 2.05) is 12.1 Å². The topological polar surface area (TPSA) is 181 Å². The first kappa shape index (κ1) is 36.8. The standard InChI is InChI=1S/C36H48ClN5O9S/c37-28-13-8-9-22-19-41(21-27(22)28)35(47)51-25-17-30-31(43)39-36(33(45)40-52(48,49)26-15-16-26)18-23(36)10-4-2-1-3-5-14-29(32(44)42(30)20-25)38-34(46)50-24-11-6-7-12-24/h8-9,13,23-26,29-30H,1-7,10-12,14-21H2,(H,38,46)(H,39,43)(H,40,45)/t23-,25-,29+,30+,36-/m1/s1. The molecule has 0 bridgehead atoms. The van der Waals surface area contributed by atoms with Gasteiger partial charge in [0.2, 0.25) is 21.8 Å². The molecule has 1 aromatic rings. The molecule has 3 heterocycles. The first-order chi connectivity index (χ1) is 24.9. The molecule has 7 rings (SSSR count). The highest BCUT2D eigenvalue weighted by molar-refractivity contribution is 7.91. The van der Waals surface area contributed by atoms with Crippen molar-refractivity contribution in [3.8, 4) is 0 Å². The number of alkyl carbamates (subject to hydrolysis) is 1. The van der Waals surface area contributed by atoms with E-state index in [-0.39, 0.29) is 38.0 Å². The van der Waals surface area contributed by atoms with Gasteiger partial charge < -0.3 is 25.0 Å². The predicted molar refractivity (Wildman–Crippen MR) is 188 cm³/mol. The number of nitrogens with one attached hydrogen (secondary N) is 3. The number of nitrogens with zero attached hydrogens (tertiary/aromatic N) is 2. The molecule has 3 aliphatic heterocycles. The third-order valence-electron chi connectivity index (χ3n) is 11.6. The highest BCUT2D eigenvalue weighted by Gasteiger charge is 2.62. The Kier molecular flexibility index (Phi) is 10.6. The van der Waals surface area contributed by atoms with Crippen LogP contribution in [0, 0.1) is 5.92 Å². The Bertz CT molecular complexity index is 1700. The Morgan fingerprint density at radius 3 is 2.33 bits per heavy atom. The van der Waals surface area contributed by atoms with Crippen LogP contribution >= 0.6 is 11.6 Å². The van der Waals surface area contributed by atoms with Crippen LogP contribution in [0.1, 0.15) is 107 Å². The van der Waals surface area contributed by atoms with Gasteiger partial charge in [-0.1, -0.05) is 55.8 Å². The minimum atomic E-state index is -3.88. The van der Waals surface area contributed by atoms with Gasteiger partial charge in [0.15, 0.2) is 0 Å². The summed E-state index contributed by atoms with van der Waals surface area (Å²) in [4.78, 5) is 71.6. The predicted octanol–water partition coefficient (Wildman–Crippen LogP) is 4.03. The molecule has 16 heteroatoms. The van der Waals surface area contributed by atoms with E-state index < -0.39 is 68.9 Å². The summed E-state index contributed by atoms with van der Waals surface area (Å²) >= 11 is 6.37. The zero-order chi connectivity index (χ0) is 36.6. The molecule has 0 aromatic heterocycles. The van der Waals surface area contributed by atoms with Gasteiger partial charge in [0.05, 0.1) is 18.3 Å². The number of halogens is 1. The van der Waals surface area contributed by atoms with Gasteiger partial charge in [-0.2, -0.15) is 0 Å². The van der Waals surface area contributed by atoms with Crippen LogP contribution < -0.4 is 15.4 Å². The third-order valence-corrected chi connectivity index (χ3v) is 13.7. The van der Waals surface area contributed by atoms with E-state index in [1.165, 1.54) is 9.80 Å². The molecular weight excluding hydrogens is 714 g/mol. The smallest absolute Gasteiger partial charge is 0.410 e. The van der Waals surface area contributed by atoms with Gasteiger partial charge in [-0.25, -0.2) is 18.0 Å². The largest absolute Gasteiger partial charge is 0.446 e. The first-order valence-corrected chi connectivity index (χ1v) is 20.7. The molecule has 5 fully saturated rings. The summed E-state index contributed by atoms with van der Waals surface area (Å²) in [6.45, 7) is 0.440. The Hall–Kier alpha value is -3.59. The van der Waals surface area contributed by atoms with Crippen molar-refractivity contribution in [2.45, 2.75) is 144 Å². The van der Waals surface area contributed by atoms with Gasteiger partial charge in [-0.3, -0.25) is 24.0 Å². The van der Waals surface area contributed by atoms with Crippen LogP contribution in [0.15, 0.2) is 18.2 Å². The van der Waals surface area contributed by atoms with Crippen LogP contribution in [0.2, 0.25) is 5.02 Å². The van der Waals surface area contributed by atoms with E-state index in [1.54, 1.807) is 6.07 Å². The van der Waals surface area contributed by atoms with Gasteiger partial charge in [0.25, 0.3) is 5.91 Å². The fourth-order valence-electron chi connectivity index (χ4n) is 8.31. The number of hydrogen-bond donors (Lipinski definition) is 3. The molecule has 0 unspecified atom stereocenters. The molecule has 0 spiro atoms. The number of sulfonamides is 1. The number of rotatable bonds is 6. The molecule has 6 aliphatic rings. The van der Waals surface area contributed by atoms with Crippen LogP contribution in [0.5, 0.6) is 0 Å².